The van der Waals surface area contributed by atoms with Crippen LogP contribution in [0.1, 0.15) is 19.8 Å². The highest BCUT2D eigenvalue weighted by molar-refractivity contribution is 6.31. The fraction of sp³-hybridized carbons (Fsp3) is 0.308. The van der Waals surface area contributed by atoms with E-state index in [1.54, 1.807) is 42.5 Å². The SMILES string of the molecule is C[C@@H]1C=CC[C@@H]2C(=O)N(c3cccc(OC(=O)[C@@H]4CC(=O)N(c5cccc(Cl)c5)C4)c3)C(=O)[C@H]12. The van der Waals surface area contributed by atoms with Gasteiger partial charge in [0.1, 0.15) is 5.75 Å². The molecule has 2 aliphatic heterocycles. The standard InChI is InChI=1S/C26H23ClN2O5/c1-15-5-2-10-21-23(15)25(32)29(24(21)31)19-8-4-9-20(13-19)34-26(33)16-11-22(30)28(14-16)18-7-3-6-17(27)12-18/h2-9,12-13,15-16,21,23H,10-11,14H2,1H3/t15-,16-,21+,23-/m1/s1. The van der Waals surface area contributed by atoms with Crippen LogP contribution in [0.2, 0.25) is 5.02 Å². The van der Waals surface area contributed by atoms with Crippen molar-refractivity contribution in [1.82, 2.24) is 0 Å². The Morgan fingerprint density at radius 3 is 2.56 bits per heavy atom. The summed E-state index contributed by atoms with van der Waals surface area (Å²) >= 11 is 6.03. The molecule has 0 N–H and O–H groups in total. The second kappa shape index (κ2) is 8.72. The van der Waals surface area contributed by atoms with Gasteiger partial charge in [0.05, 0.1) is 23.4 Å². The number of anilines is 2. The number of benzene rings is 2. The zero-order chi connectivity index (χ0) is 24.0. The highest BCUT2D eigenvalue weighted by atomic mass is 35.5. The van der Waals surface area contributed by atoms with Crippen molar-refractivity contribution >= 4 is 46.7 Å². The molecule has 7 nitrogen and oxygen atoms in total. The Morgan fingerprint density at radius 2 is 1.79 bits per heavy atom. The van der Waals surface area contributed by atoms with Crippen molar-refractivity contribution in [3.05, 3.63) is 65.7 Å². The number of hydrogen-bond acceptors (Lipinski definition) is 5. The third kappa shape index (κ3) is 3.90. The van der Waals surface area contributed by atoms with Gasteiger partial charge in [0, 0.05) is 29.7 Å². The minimum atomic E-state index is -0.639. The van der Waals surface area contributed by atoms with Crippen LogP contribution in [0.4, 0.5) is 11.4 Å². The summed E-state index contributed by atoms with van der Waals surface area (Å²) in [4.78, 5) is 54.1. The predicted molar refractivity (Wildman–Crippen MR) is 126 cm³/mol. The average Bonchev–Trinajstić information content (AvgIpc) is 3.32. The van der Waals surface area contributed by atoms with Crippen molar-refractivity contribution in [2.24, 2.45) is 23.7 Å². The topological polar surface area (TPSA) is 84.0 Å². The smallest absolute Gasteiger partial charge is 0.316 e. The summed E-state index contributed by atoms with van der Waals surface area (Å²) in [7, 11) is 0. The molecule has 3 amide bonds. The number of amides is 3. The number of imide groups is 1. The number of carbonyl (C=O) groups is 4. The van der Waals surface area contributed by atoms with Gasteiger partial charge in [0.2, 0.25) is 17.7 Å². The van der Waals surface area contributed by atoms with Gasteiger partial charge in [-0.1, -0.05) is 42.8 Å². The molecule has 2 saturated heterocycles. The fourth-order valence-electron chi connectivity index (χ4n) is 5.05. The van der Waals surface area contributed by atoms with Crippen LogP contribution in [0.15, 0.2) is 60.7 Å². The number of nitrogens with zero attached hydrogens (tertiary/aromatic N) is 2. The molecule has 2 fully saturated rings. The van der Waals surface area contributed by atoms with E-state index in [1.807, 2.05) is 19.1 Å². The second-order valence-electron chi connectivity index (χ2n) is 8.97. The molecule has 2 heterocycles. The molecule has 2 aromatic rings. The molecule has 4 atom stereocenters. The zero-order valence-electron chi connectivity index (χ0n) is 18.5. The monoisotopic (exact) mass is 478 g/mol. The second-order valence-corrected chi connectivity index (χ2v) is 9.41. The van der Waals surface area contributed by atoms with Crippen LogP contribution in [0, 0.1) is 23.7 Å². The lowest BCUT2D eigenvalue weighted by Crippen LogP contribution is -2.31. The Kier molecular flexibility index (Phi) is 5.73. The number of halogens is 1. The summed E-state index contributed by atoms with van der Waals surface area (Å²) in [5.41, 5.74) is 1.01. The number of rotatable bonds is 4. The first kappa shape index (κ1) is 22.3. The Morgan fingerprint density at radius 1 is 1.03 bits per heavy atom. The third-order valence-electron chi connectivity index (χ3n) is 6.75. The van der Waals surface area contributed by atoms with Crippen molar-refractivity contribution in [3.63, 3.8) is 0 Å². The van der Waals surface area contributed by atoms with Gasteiger partial charge in [-0.15, -0.1) is 0 Å². The van der Waals surface area contributed by atoms with Gasteiger partial charge in [0.15, 0.2) is 0 Å². The highest BCUT2D eigenvalue weighted by Crippen LogP contribution is 2.41. The predicted octanol–water partition coefficient (Wildman–Crippen LogP) is 4.00. The molecule has 34 heavy (non-hydrogen) atoms. The summed E-state index contributed by atoms with van der Waals surface area (Å²) in [5, 5.41) is 0.504. The van der Waals surface area contributed by atoms with E-state index in [1.165, 1.54) is 15.9 Å². The van der Waals surface area contributed by atoms with Crippen LogP contribution in [0.25, 0.3) is 0 Å². The first-order valence-electron chi connectivity index (χ1n) is 11.3. The molecule has 0 radical (unpaired) electrons. The number of ether oxygens (including phenoxy) is 1. The molecule has 8 heteroatoms. The highest BCUT2D eigenvalue weighted by Gasteiger charge is 2.50. The van der Waals surface area contributed by atoms with Gasteiger partial charge in [-0.2, -0.15) is 0 Å². The molecule has 0 spiro atoms. The number of esters is 1. The molecule has 0 unspecified atom stereocenters. The van der Waals surface area contributed by atoms with E-state index in [4.69, 9.17) is 16.3 Å². The largest absolute Gasteiger partial charge is 0.426 e. The van der Waals surface area contributed by atoms with Gasteiger partial charge in [-0.3, -0.25) is 19.2 Å². The van der Waals surface area contributed by atoms with Crippen molar-refractivity contribution in [2.75, 3.05) is 16.3 Å². The maximum atomic E-state index is 13.0. The molecule has 0 saturated carbocycles. The average molecular weight is 479 g/mol. The molecule has 0 bridgehead atoms. The van der Waals surface area contributed by atoms with E-state index in [0.717, 1.165) is 0 Å². The number of hydrogen-bond donors (Lipinski definition) is 0. The lowest BCUT2D eigenvalue weighted by Gasteiger charge is -2.22. The Labute approximate surface area is 201 Å². The van der Waals surface area contributed by atoms with Crippen LogP contribution in [0.3, 0.4) is 0 Å². The first-order valence-corrected chi connectivity index (χ1v) is 11.6. The van der Waals surface area contributed by atoms with Crippen molar-refractivity contribution in [1.29, 1.82) is 0 Å². The fourth-order valence-corrected chi connectivity index (χ4v) is 5.23. The molecular weight excluding hydrogens is 456 g/mol. The van der Waals surface area contributed by atoms with Crippen LogP contribution >= 0.6 is 11.6 Å². The van der Waals surface area contributed by atoms with Gasteiger partial charge >= 0.3 is 5.97 Å². The van der Waals surface area contributed by atoms with Gasteiger partial charge in [-0.05, 0) is 42.7 Å². The van der Waals surface area contributed by atoms with Crippen LogP contribution in [0.5, 0.6) is 5.75 Å². The molecule has 1 aliphatic carbocycles. The Hall–Kier alpha value is -3.45. The van der Waals surface area contributed by atoms with E-state index in [9.17, 15) is 19.2 Å². The number of fused-ring (bicyclic) bond motifs is 1. The first-order chi connectivity index (χ1) is 16.3. The van der Waals surface area contributed by atoms with Gasteiger partial charge in [-0.25, -0.2) is 4.90 Å². The van der Waals surface area contributed by atoms with Gasteiger partial charge in [0.25, 0.3) is 0 Å². The third-order valence-corrected chi connectivity index (χ3v) is 6.98. The van der Waals surface area contributed by atoms with E-state index >= 15 is 0 Å². The summed E-state index contributed by atoms with van der Waals surface area (Å²) in [5.74, 6) is -2.34. The number of carbonyl (C=O) groups excluding carboxylic acids is 4. The Bertz CT molecular complexity index is 1230. The number of allylic oxidation sites excluding steroid dienone is 2. The summed E-state index contributed by atoms with van der Waals surface area (Å²) in [6, 6.07) is 13.3. The summed E-state index contributed by atoms with van der Waals surface area (Å²) in [6.45, 7) is 2.13. The molecule has 5 rings (SSSR count). The van der Waals surface area contributed by atoms with E-state index in [0.29, 0.717) is 22.8 Å². The van der Waals surface area contributed by atoms with Crippen molar-refractivity contribution < 1.29 is 23.9 Å². The van der Waals surface area contributed by atoms with E-state index < -0.39 is 11.9 Å². The normalized spacial score (nSPS) is 26.2. The lowest BCUT2D eigenvalue weighted by molar-refractivity contribution is -0.139. The molecule has 3 aliphatic rings. The van der Waals surface area contributed by atoms with Gasteiger partial charge < -0.3 is 9.64 Å². The minimum absolute atomic E-state index is 0.0106. The maximum absolute atomic E-state index is 13.0. The summed E-state index contributed by atoms with van der Waals surface area (Å²) < 4.78 is 5.56. The Balaban J connectivity index is 1.30. The lowest BCUT2D eigenvalue weighted by atomic mass is 9.78. The van der Waals surface area contributed by atoms with Crippen molar-refractivity contribution in [3.8, 4) is 5.75 Å². The van der Waals surface area contributed by atoms with Crippen LogP contribution in [-0.2, 0) is 19.2 Å². The van der Waals surface area contributed by atoms with Crippen LogP contribution in [-0.4, -0.2) is 30.2 Å². The summed E-state index contributed by atoms with van der Waals surface area (Å²) in [6.07, 6.45) is 4.50. The minimum Gasteiger partial charge on any atom is -0.426 e. The maximum Gasteiger partial charge on any atom is 0.316 e. The quantitative estimate of drug-likeness (QED) is 0.287. The molecule has 2 aromatic carbocycles. The molecule has 0 aromatic heterocycles. The molecule has 174 valence electrons. The van der Waals surface area contributed by atoms with E-state index in [-0.39, 0.29) is 54.2 Å². The van der Waals surface area contributed by atoms with E-state index in [2.05, 4.69) is 0 Å². The zero-order valence-corrected chi connectivity index (χ0v) is 19.3. The van der Waals surface area contributed by atoms with Crippen molar-refractivity contribution in [2.45, 2.75) is 19.8 Å². The van der Waals surface area contributed by atoms with Crippen LogP contribution < -0.4 is 14.5 Å². The molecular formula is C26H23ClN2O5.